The summed E-state index contributed by atoms with van der Waals surface area (Å²) in [6, 6.07) is 0. The Morgan fingerprint density at radius 3 is 2.38 bits per heavy atom. The van der Waals surface area contributed by atoms with Crippen molar-refractivity contribution in [2.24, 2.45) is 0 Å². The summed E-state index contributed by atoms with van der Waals surface area (Å²) in [5.74, 6) is -0.543. The molecule has 0 aliphatic carbocycles. The van der Waals surface area contributed by atoms with E-state index in [0.717, 1.165) is 5.33 Å². The maximum atomic E-state index is 5.42. The van der Waals surface area contributed by atoms with Crippen molar-refractivity contribution >= 4 is 15.9 Å². The zero-order chi connectivity index (χ0) is 10.2. The highest BCUT2D eigenvalue weighted by molar-refractivity contribution is 9.09. The Morgan fingerprint density at radius 1 is 1.23 bits per heavy atom. The second-order valence-corrected chi connectivity index (χ2v) is 3.62. The van der Waals surface area contributed by atoms with Crippen LogP contribution in [0, 0.1) is 0 Å². The van der Waals surface area contributed by atoms with Crippen molar-refractivity contribution in [3.8, 4) is 0 Å². The van der Waals surface area contributed by atoms with Gasteiger partial charge in [0.15, 0.2) is 5.79 Å². The van der Waals surface area contributed by atoms with Crippen molar-refractivity contribution in [3.63, 3.8) is 0 Å². The quantitative estimate of drug-likeness (QED) is 0.287. The monoisotopic (exact) mass is 252 g/mol. The lowest BCUT2D eigenvalue weighted by Gasteiger charge is -2.25. The van der Waals surface area contributed by atoms with Crippen molar-refractivity contribution in [3.05, 3.63) is 12.8 Å². The standard InChI is InChI=1S/C9H17BrO3/c1-4-11-7-8-13-9(2,3)12-6-5-10/h4H,1,5-8H2,2-3H3. The van der Waals surface area contributed by atoms with Crippen LogP contribution < -0.4 is 0 Å². The predicted molar refractivity (Wildman–Crippen MR) is 55.9 cm³/mol. The molecule has 0 aromatic heterocycles. The highest BCUT2D eigenvalue weighted by Crippen LogP contribution is 2.10. The zero-order valence-electron chi connectivity index (χ0n) is 8.22. The number of hydrogen-bond acceptors (Lipinski definition) is 3. The van der Waals surface area contributed by atoms with Crippen molar-refractivity contribution in [1.29, 1.82) is 0 Å². The molecule has 13 heavy (non-hydrogen) atoms. The highest BCUT2D eigenvalue weighted by atomic mass is 79.9. The fourth-order valence-electron chi connectivity index (χ4n) is 0.745. The number of hydrogen-bond donors (Lipinski definition) is 0. The minimum atomic E-state index is -0.543. The maximum Gasteiger partial charge on any atom is 0.162 e. The Morgan fingerprint density at radius 2 is 1.85 bits per heavy atom. The fraction of sp³-hybridized carbons (Fsp3) is 0.778. The molecule has 0 unspecified atom stereocenters. The van der Waals surface area contributed by atoms with Crippen molar-refractivity contribution in [2.45, 2.75) is 19.6 Å². The Labute approximate surface area is 88.2 Å². The molecule has 4 heteroatoms. The SMILES string of the molecule is C=COCCOC(C)(C)OCCBr. The predicted octanol–water partition coefficient (Wildman–Crippen LogP) is 2.31. The number of ether oxygens (including phenoxy) is 3. The molecule has 0 amide bonds. The summed E-state index contributed by atoms with van der Waals surface area (Å²) in [7, 11) is 0. The smallest absolute Gasteiger partial charge is 0.162 e. The van der Waals surface area contributed by atoms with E-state index in [-0.39, 0.29) is 0 Å². The van der Waals surface area contributed by atoms with Gasteiger partial charge in [-0.2, -0.15) is 0 Å². The van der Waals surface area contributed by atoms with Gasteiger partial charge in [0.1, 0.15) is 6.61 Å². The Hall–Kier alpha value is -0.0600. The number of halogens is 1. The molecule has 0 heterocycles. The second-order valence-electron chi connectivity index (χ2n) is 2.82. The van der Waals surface area contributed by atoms with Crippen molar-refractivity contribution in [1.82, 2.24) is 0 Å². The van der Waals surface area contributed by atoms with Crippen LogP contribution in [0.1, 0.15) is 13.8 Å². The van der Waals surface area contributed by atoms with Gasteiger partial charge in [-0.1, -0.05) is 22.5 Å². The van der Waals surface area contributed by atoms with Gasteiger partial charge in [-0.3, -0.25) is 0 Å². The third kappa shape index (κ3) is 8.28. The van der Waals surface area contributed by atoms with E-state index in [9.17, 15) is 0 Å². The lowest BCUT2D eigenvalue weighted by Crippen LogP contribution is -2.30. The van der Waals surface area contributed by atoms with Gasteiger partial charge in [0.05, 0.1) is 19.5 Å². The molecule has 0 radical (unpaired) electrons. The molecule has 0 fully saturated rings. The highest BCUT2D eigenvalue weighted by Gasteiger charge is 2.17. The fourth-order valence-corrected chi connectivity index (χ4v) is 0.907. The minimum absolute atomic E-state index is 0.501. The Balaban J connectivity index is 3.44. The topological polar surface area (TPSA) is 27.7 Å². The molecule has 0 aromatic carbocycles. The van der Waals surface area contributed by atoms with Crippen LogP contribution in [0.2, 0.25) is 0 Å². The van der Waals surface area contributed by atoms with Gasteiger partial charge in [-0.05, 0) is 13.8 Å². The van der Waals surface area contributed by atoms with Crippen LogP contribution in [-0.4, -0.2) is 30.9 Å². The molecule has 0 N–H and O–H groups in total. The normalized spacial score (nSPS) is 11.3. The molecular weight excluding hydrogens is 236 g/mol. The van der Waals surface area contributed by atoms with E-state index < -0.39 is 5.79 Å². The van der Waals surface area contributed by atoms with Crippen molar-refractivity contribution in [2.75, 3.05) is 25.2 Å². The van der Waals surface area contributed by atoms with E-state index in [2.05, 4.69) is 22.5 Å². The second kappa shape index (κ2) is 7.35. The first-order valence-corrected chi connectivity index (χ1v) is 5.31. The third-order valence-electron chi connectivity index (χ3n) is 1.30. The van der Waals surface area contributed by atoms with E-state index in [1.807, 2.05) is 13.8 Å². The summed E-state index contributed by atoms with van der Waals surface area (Å²) < 4.78 is 15.7. The molecule has 0 atom stereocenters. The molecule has 0 saturated carbocycles. The average molecular weight is 253 g/mol. The van der Waals surface area contributed by atoms with Crippen LogP contribution in [0.25, 0.3) is 0 Å². The van der Waals surface area contributed by atoms with E-state index in [4.69, 9.17) is 14.2 Å². The summed E-state index contributed by atoms with van der Waals surface area (Å²) in [6.45, 7) is 8.83. The molecule has 0 bridgehead atoms. The lowest BCUT2D eigenvalue weighted by molar-refractivity contribution is -0.213. The van der Waals surface area contributed by atoms with Gasteiger partial charge in [0.25, 0.3) is 0 Å². The summed E-state index contributed by atoms with van der Waals surface area (Å²) in [5.41, 5.74) is 0. The summed E-state index contributed by atoms with van der Waals surface area (Å²) in [4.78, 5) is 0. The van der Waals surface area contributed by atoms with Crippen LogP contribution in [0.4, 0.5) is 0 Å². The van der Waals surface area contributed by atoms with Crippen LogP contribution in [0.5, 0.6) is 0 Å². The Kier molecular flexibility index (Phi) is 7.32. The summed E-state index contributed by atoms with van der Waals surface area (Å²) in [6.07, 6.45) is 1.40. The number of rotatable bonds is 8. The molecule has 0 rings (SSSR count). The molecule has 3 nitrogen and oxygen atoms in total. The van der Waals surface area contributed by atoms with Gasteiger partial charge in [0, 0.05) is 5.33 Å². The molecule has 0 aromatic rings. The number of alkyl halides is 1. The van der Waals surface area contributed by atoms with E-state index in [1.165, 1.54) is 6.26 Å². The average Bonchev–Trinajstić information content (AvgIpc) is 2.09. The first-order chi connectivity index (χ1) is 6.12. The van der Waals surface area contributed by atoms with Gasteiger partial charge < -0.3 is 14.2 Å². The minimum Gasteiger partial charge on any atom is -0.499 e. The zero-order valence-corrected chi connectivity index (χ0v) is 9.80. The van der Waals surface area contributed by atoms with Crippen molar-refractivity contribution < 1.29 is 14.2 Å². The molecule has 0 spiro atoms. The van der Waals surface area contributed by atoms with Gasteiger partial charge in [0.2, 0.25) is 0 Å². The van der Waals surface area contributed by atoms with Gasteiger partial charge >= 0.3 is 0 Å². The van der Waals surface area contributed by atoms with Crippen LogP contribution in [-0.2, 0) is 14.2 Å². The molecule has 0 aliphatic heterocycles. The van der Waals surface area contributed by atoms with Gasteiger partial charge in [-0.15, -0.1) is 0 Å². The first-order valence-electron chi connectivity index (χ1n) is 4.19. The Bertz CT molecular complexity index is 137. The first kappa shape index (κ1) is 12.9. The molecule has 0 saturated heterocycles. The maximum absolute atomic E-state index is 5.42. The molecular formula is C9H17BrO3. The van der Waals surface area contributed by atoms with Crippen LogP contribution >= 0.6 is 15.9 Å². The summed E-state index contributed by atoms with van der Waals surface area (Å²) in [5, 5.41) is 0.808. The van der Waals surface area contributed by atoms with Gasteiger partial charge in [-0.25, -0.2) is 0 Å². The van der Waals surface area contributed by atoms with E-state index in [1.54, 1.807) is 0 Å². The van der Waals surface area contributed by atoms with Crippen LogP contribution in [0.15, 0.2) is 12.8 Å². The molecule has 0 aliphatic rings. The van der Waals surface area contributed by atoms with Crippen LogP contribution in [0.3, 0.4) is 0 Å². The third-order valence-corrected chi connectivity index (χ3v) is 1.62. The van der Waals surface area contributed by atoms with E-state index >= 15 is 0 Å². The largest absolute Gasteiger partial charge is 0.499 e. The molecule has 78 valence electrons. The van der Waals surface area contributed by atoms with E-state index in [0.29, 0.717) is 19.8 Å². The summed E-state index contributed by atoms with van der Waals surface area (Å²) >= 11 is 3.28. The lowest BCUT2D eigenvalue weighted by atomic mass is 10.4.